The predicted molar refractivity (Wildman–Crippen MR) is 118 cm³/mol. The third-order valence-corrected chi connectivity index (χ3v) is 5.86. The lowest BCUT2D eigenvalue weighted by molar-refractivity contribution is 0.223. The molecule has 1 N–H and O–H groups in total. The van der Waals surface area contributed by atoms with Crippen molar-refractivity contribution in [1.29, 1.82) is 0 Å². The van der Waals surface area contributed by atoms with E-state index in [4.69, 9.17) is 9.47 Å². The molecule has 0 spiro atoms. The number of anilines is 1. The van der Waals surface area contributed by atoms with Crippen LogP contribution in [0.25, 0.3) is 5.70 Å². The third kappa shape index (κ3) is 2.79. The van der Waals surface area contributed by atoms with E-state index in [9.17, 15) is 0 Å². The number of aromatic nitrogens is 3. The lowest BCUT2D eigenvalue weighted by Crippen LogP contribution is -2.32. The molecule has 2 aliphatic rings. The van der Waals surface area contributed by atoms with Crippen molar-refractivity contribution in [2.24, 2.45) is 0 Å². The molecule has 31 heavy (non-hydrogen) atoms. The zero-order chi connectivity index (χ0) is 20.8. The standard InChI is InChI=1S/C25H20N4O2/c1-30-18-13-11-16(12-14-18)23-21-22(28-25-26-15-27-29(23)25)19-9-5-6-10-20(19)31-24(21)17-7-3-2-4-8-17/h2-15,23-24H,1H3,(H,26,27,28)/t23-,24+/m0/s1. The quantitative estimate of drug-likeness (QED) is 0.525. The first-order valence-corrected chi connectivity index (χ1v) is 10.2. The number of hydrogen-bond acceptors (Lipinski definition) is 5. The largest absolute Gasteiger partial charge is 0.497 e. The zero-order valence-corrected chi connectivity index (χ0v) is 16.9. The van der Waals surface area contributed by atoms with Gasteiger partial charge in [-0.3, -0.25) is 0 Å². The molecule has 152 valence electrons. The molecule has 2 aliphatic heterocycles. The van der Waals surface area contributed by atoms with Gasteiger partial charge in [-0.25, -0.2) is 4.68 Å². The van der Waals surface area contributed by atoms with E-state index in [1.54, 1.807) is 13.4 Å². The van der Waals surface area contributed by atoms with Crippen LogP contribution in [0.5, 0.6) is 11.5 Å². The Kier molecular flexibility index (Phi) is 4.02. The molecular formula is C25H20N4O2. The Hall–Kier alpha value is -4.06. The highest BCUT2D eigenvalue weighted by molar-refractivity contribution is 5.85. The Labute approximate surface area is 179 Å². The highest BCUT2D eigenvalue weighted by Gasteiger charge is 2.40. The van der Waals surface area contributed by atoms with Gasteiger partial charge in [0.1, 0.15) is 30.0 Å². The van der Waals surface area contributed by atoms with Gasteiger partial charge in [-0.05, 0) is 35.4 Å². The molecule has 0 saturated heterocycles. The highest BCUT2D eigenvalue weighted by Crippen LogP contribution is 2.50. The van der Waals surface area contributed by atoms with E-state index in [2.05, 4.69) is 45.7 Å². The molecule has 0 radical (unpaired) electrons. The van der Waals surface area contributed by atoms with Gasteiger partial charge in [0.25, 0.3) is 0 Å². The normalized spacial score (nSPS) is 18.9. The number of para-hydroxylation sites is 1. The molecule has 6 heteroatoms. The number of nitrogens with one attached hydrogen (secondary N) is 1. The summed E-state index contributed by atoms with van der Waals surface area (Å²) < 4.78 is 13.9. The summed E-state index contributed by atoms with van der Waals surface area (Å²) in [6.07, 6.45) is 1.32. The molecule has 6 rings (SSSR count). The Balaban J connectivity index is 1.61. The average molecular weight is 408 g/mol. The van der Waals surface area contributed by atoms with E-state index in [0.717, 1.165) is 39.5 Å². The van der Waals surface area contributed by atoms with Crippen LogP contribution < -0.4 is 14.8 Å². The fourth-order valence-corrected chi connectivity index (χ4v) is 4.43. The van der Waals surface area contributed by atoms with E-state index >= 15 is 0 Å². The van der Waals surface area contributed by atoms with Crippen molar-refractivity contribution >= 4 is 11.6 Å². The van der Waals surface area contributed by atoms with Gasteiger partial charge < -0.3 is 14.8 Å². The molecule has 3 heterocycles. The summed E-state index contributed by atoms with van der Waals surface area (Å²) in [6.45, 7) is 0. The number of nitrogens with zero attached hydrogens (tertiary/aromatic N) is 3. The van der Waals surface area contributed by atoms with Gasteiger partial charge in [-0.2, -0.15) is 10.1 Å². The van der Waals surface area contributed by atoms with Crippen LogP contribution in [-0.2, 0) is 0 Å². The molecule has 4 aromatic rings. The maximum Gasteiger partial charge on any atom is 0.226 e. The Bertz CT molecular complexity index is 1280. The van der Waals surface area contributed by atoms with Crippen LogP contribution in [0, 0.1) is 0 Å². The van der Waals surface area contributed by atoms with E-state index in [1.165, 1.54) is 0 Å². The second-order valence-electron chi connectivity index (χ2n) is 7.56. The van der Waals surface area contributed by atoms with E-state index in [1.807, 2.05) is 53.2 Å². The summed E-state index contributed by atoms with van der Waals surface area (Å²) in [5.74, 6) is 2.38. The van der Waals surface area contributed by atoms with Crippen LogP contribution in [0.2, 0.25) is 0 Å². The number of ether oxygens (including phenoxy) is 2. The molecule has 2 atom stereocenters. The van der Waals surface area contributed by atoms with Crippen LogP contribution in [0.1, 0.15) is 28.8 Å². The van der Waals surface area contributed by atoms with Gasteiger partial charge in [0.2, 0.25) is 5.95 Å². The van der Waals surface area contributed by atoms with Gasteiger partial charge in [0, 0.05) is 11.1 Å². The molecule has 1 aromatic heterocycles. The number of methoxy groups -OCH3 is 1. The van der Waals surface area contributed by atoms with Gasteiger partial charge in [-0.15, -0.1) is 0 Å². The topological polar surface area (TPSA) is 61.2 Å². The molecule has 0 saturated carbocycles. The first kappa shape index (κ1) is 17.8. The Morgan fingerprint density at radius 3 is 2.48 bits per heavy atom. The van der Waals surface area contributed by atoms with Gasteiger partial charge in [0.15, 0.2) is 0 Å². The zero-order valence-electron chi connectivity index (χ0n) is 16.9. The number of fused-ring (bicyclic) bond motifs is 3. The van der Waals surface area contributed by atoms with Crippen molar-refractivity contribution in [3.8, 4) is 11.5 Å². The van der Waals surface area contributed by atoms with Crippen LogP contribution >= 0.6 is 0 Å². The lowest BCUT2D eigenvalue weighted by atomic mass is 9.84. The fraction of sp³-hybridized carbons (Fsp3) is 0.120. The van der Waals surface area contributed by atoms with Crippen LogP contribution in [0.4, 0.5) is 5.95 Å². The number of rotatable bonds is 3. The van der Waals surface area contributed by atoms with Crippen molar-refractivity contribution in [3.63, 3.8) is 0 Å². The van der Waals surface area contributed by atoms with Gasteiger partial charge in [0.05, 0.1) is 12.8 Å². The molecule has 0 amide bonds. The number of hydrogen-bond donors (Lipinski definition) is 1. The molecule has 6 nitrogen and oxygen atoms in total. The third-order valence-electron chi connectivity index (χ3n) is 5.86. The maximum atomic E-state index is 6.59. The molecule has 3 aromatic carbocycles. The Morgan fingerprint density at radius 1 is 0.903 bits per heavy atom. The van der Waals surface area contributed by atoms with E-state index in [-0.39, 0.29) is 12.1 Å². The average Bonchev–Trinajstić information content (AvgIpc) is 3.31. The summed E-state index contributed by atoms with van der Waals surface area (Å²) in [5.41, 5.74) is 5.33. The minimum absolute atomic E-state index is 0.168. The van der Waals surface area contributed by atoms with Crippen molar-refractivity contribution in [2.45, 2.75) is 12.1 Å². The van der Waals surface area contributed by atoms with Crippen LogP contribution in [0.15, 0.2) is 90.8 Å². The van der Waals surface area contributed by atoms with E-state index in [0.29, 0.717) is 5.95 Å². The predicted octanol–water partition coefficient (Wildman–Crippen LogP) is 4.85. The van der Waals surface area contributed by atoms with Gasteiger partial charge >= 0.3 is 0 Å². The smallest absolute Gasteiger partial charge is 0.226 e. The summed E-state index contributed by atoms with van der Waals surface area (Å²) in [5, 5.41) is 8.08. The fourth-order valence-electron chi connectivity index (χ4n) is 4.43. The van der Waals surface area contributed by atoms with Crippen molar-refractivity contribution in [3.05, 3.63) is 107 Å². The van der Waals surface area contributed by atoms with Crippen LogP contribution in [0.3, 0.4) is 0 Å². The van der Waals surface area contributed by atoms with E-state index < -0.39 is 0 Å². The van der Waals surface area contributed by atoms with Crippen molar-refractivity contribution < 1.29 is 9.47 Å². The maximum absolute atomic E-state index is 6.59. The molecular weight excluding hydrogens is 388 g/mol. The summed E-state index contributed by atoms with van der Waals surface area (Å²) in [7, 11) is 1.67. The van der Waals surface area contributed by atoms with Crippen LogP contribution in [-0.4, -0.2) is 21.9 Å². The first-order valence-electron chi connectivity index (χ1n) is 10.2. The molecule has 0 unspecified atom stereocenters. The highest BCUT2D eigenvalue weighted by atomic mass is 16.5. The first-order chi connectivity index (χ1) is 15.3. The van der Waals surface area contributed by atoms with Gasteiger partial charge in [-0.1, -0.05) is 54.6 Å². The minimum Gasteiger partial charge on any atom is -0.497 e. The second kappa shape index (κ2) is 7.02. The molecule has 0 bridgehead atoms. The monoisotopic (exact) mass is 408 g/mol. The Morgan fingerprint density at radius 2 is 1.68 bits per heavy atom. The van der Waals surface area contributed by atoms with Crippen molar-refractivity contribution in [2.75, 3.05) is 12.4 Å². The number of benzene rings is 3. The summed E-state index contributed by atoms with van der Waals surface area (Å²) in [4.78, 5) is 4.47. The summed E-state index contributed by atoms with van der Waals surface area (Å²) >= 11 is 0. The minimum atomic E-state index is -0.261. The molecule has 0 aliphatic carbocycles. The SMILES string of the molecule is COc1ccc([C@H]2C3=C(Nc4ncnn42)c2ccccc2O[C@@H]3c2ccccc2)cc1. The molecule has 0 fully saturated rings. The summed E-state index contributed by atoms with van der Waals surface area (Å²) in [6, 6.07) is 26.4. The second-order valence-corrected chi connectivity index (χ2v) is 7.56. The van der Waals surface area contributed by atoms with Crippen molar-refractivity contribution in [1.82, 2.24) is 14.8 Å². The lowest BCUT2D eigenvalue weighted by Gasteiger charge is -2.39.